The first kappa shape index (κ1) is 21.2. The Kier molecular flexibility index (Phi) is 7.17. The van der Waals surface area contributed by atoms with E-state index in [0.717, 1.165) is 24.1 Å². The van der Waals surface area contributed by atoms with Crippen LogP contribution in [0.15, 0.2) is 42.5 Å². The van der Waals surface area contributed by atoms with Crippen molar-refractivity contribution < 1.29 is 18.8 Å². The number of ether oxygens (including phenoxy) is 1. The lowest BCUT2D eigenvalue weighted by atomic mass is 10.2. The van der Waals surface area contributed by atoms with Gasteiger partial charge in [0.25, 0.3) is 5.91 Å². The highest BCUT2D eigenvalue weighted by atomic mass is 32.1. The minimum absolute atomic E-state index is 0.133. The van der Waals surface area contributed by atoms with Gasteiger partial charge in [-0.05, 0) is 42.8 Å². The zero-order valence-corrected chi connectivity index (χ0v) is 17.9. The van der Waals surface area contributed by atoms with Crippen LogP contribution >= 0.6 is 11.3 Å². The third-order valence-electron chi connectivity index (χ3n) is 4.50. The molecule has 1 amide bonds. The van der Waals surface area contributed by atoms with Crippen molar-refractivity contribution in [3.8, 4) is 5.75 Å². The Balaban J connectivity index is 1.89. The van der Waals surface area contributed by atoms with E-state index >= 15 is 0 Å². The van der Waals surface area contributed by atoms with Gasteiger partial charge in [-0.1, -0.05) is 30.7 Å². The van der Waals surface area contributed by atoms with Crippen molar-refractivity contribution in [2.24, 2.45) is 0 Å². The fourth-order valence-corrected chi connectivity index (χ4v) is 3.85. The summed E-state index contributed by atoms with van der Waals surface area (Å²) in [6.07, 6.45) is 2.02. The van der Waals surface area contributed by atoms with Crippen LogP contribution in [0.25, 0.3) is 10.2 Å². The van der Waals surface area contributed by atoms with Gasteiger partial charge in [-0.15, -0.1) is 0 Å². The Labute approximate surface area is 174 Å². The summed E-state index contributed by atoms with van der Waals surface area (Å²) >= 11 is 1.33. The second-order valence-corrected chi connectivity index (χ2v) is 8.26. The van der Waals surface area contributed by atoms with Crippen molar-refractivity contribution in [1.82, 2.24) is 4.98 Å². The standard InChI is InChI=1S/C22H26FN3O2S/c1-4-5-13-28-18-8-6-7-16(14-18)21(27)26(12-11-25(2)3)22-24-19-10-9-17(23)15-20(19)29-22/h6-10,14-15H,4-5,11-13H2,1-3H3/p+1. The molecule has 0 saturated carbocycles. The van der Waals surface area contributed by atoms with Gasteiger partial charge < -0.3 is 9.64 Å². The molecule has 3 rings (SSSR count). The van der Waals surface area contributed by atoms with Crippen LogP contribution in [0.1, 0.15) is 30.1 Å². The molecule has 0 radical (unpaired) electrons. The number of fused-ring (bicyclic) bond motifs is 1. The van der Waals surface area contributed by atoms with Crippen LogP contribution in [0.2, 0.25) is 0 Å². The van der Waals surface area contributed by atoms with E-state index in [-0.39, 0.29) is 11.7 Å². The number of hydrogen-bond acceptors (Lipinski definition) is 4. The van der Waals surface area contributed by atoms with E-state index in [4.69, 9.17) is 4.74 Å². The number of hydrogen-bond donors (Lipinski definition) is 1. The lowest BCUT2D eigenvalue weighted by Gasteiger charge is -2.21. The quantitative estimate of drug-likeness (QED) is 0.544. The summed E-state index contributed by atoms with van der Waals surface area (Å²) in [5.41, 5.74) is 1.25. The normalized spacial score (nSPS) is 11.2. The third kappa shape index (κ3) is 5.52. The van der Waals surface area contributed by atoms with E-state index in [1.54, 1.807) is 23.1 Å². The number of carbonyl (C=O) groups is 1. The van der Waals surface area contributed by atoms with Gasteiger partial charge in [0.05, 0.1) is 44.0 Å². The highest BCUT2D eigenvalue weighted by Crippen LogP contribution is 2.30. The highest BCUT2D eigenvalue weighted by Gasteiger charge is 2.22. The number of benzene rings is 2. The lowest BCUT2D eigenvalue weighted by Crippen LogP contribution is -3.06. The van der Waals surface area contributed by atoms with E-state index in [1.165, 1.54) is 28.4 Å². The molecule has 2 aromatic carbocycles. The Bertz CT molecular complexity index is 974. The average molecular weight is 417 g/mol. The van der Waals surface area contributed by atoms with Gasteiger partial charge in [0, 0.05) is 5.56 Å². The number of amides is 1. The maximum atomic E-state index is 13.6. The molecule has 7 heteroatoms. The summed E-state index contributed by atoms with van der Waals surface area (Å²) in [4.78, 5) is 20.8. The summed E-state index contributed by atoms with van der Waals surface area (Å²) < 4.78 is 20.1. The molecule has 0 spiro atoms. The first-order valence-corrected chi connectivity index (χ1v) is 10.7. The highest BCUT2D eigenvalue weighted by molar-refractivity contribution is 7.22. The molecule has 5 nitrogen and oxygen atoms in total. The predicted octanol–water partition coefficient (Wildman–Crippen LogP) is 3.41. The molecule has 0 aliphatic rings. The van der Waals surface area contributed by atoms with Gasteiger partial charge in [0.15, 0.2) is 5.13 Å². The second-order valence-electron chi connectivity index (χ2n) is 7.25. The molecule has 0 saturated heterocycles. The minimum atomic E-state index is -0.305. The molecule has 1 N–H and O–H groups in total. The SMILES string of the molecule is CCCCOc1cccc(C(=O)N(CC[NH+](C)C)c2nc3ccc(F)cc3s2)c1. The fraction of sp³-hybridized carbons (Fsp3) is 0.364. The van der Waals surface area contributed by atoms with Crippen LogP contribution in [0.5, 0.6) is 5.75 Å². The monoisotopic (exact) mass is 416 g/mol. The number of likely N-dealkylation sites (N-methyl/N-ethyl adjacent to an activating group) is 1. The van der Waals surface area contributed by atoms with Gasteiger partial charge in [-0.2, -0.15) is 0 Å². The molecule has 0 unspecified atom stereocenters. The Morgan fingerprint density at radius 1 is 1.24 bits per heavy atom. The van der Waals surface area contributed by atoms with Crippen molar-refractivity contribution in [3.63, 3.8) is 0 Å². The molecule has 3 aromatic rings. The number of quaternary nitrogens is 1. The second kappa shape index (κ2) is 9.80. The number of thiazole rings is 1. The molecular weight excluding hydrogens is 389 g/mol. The van der Waals surface area contributed by atoms with Gasteiger partial charge in [-0.25, -0.2) is 9.37 Å². The number of carbonyl (C=O) groups excluding carboxylic acids is 1. The lowest BCUT2D eigenvalue weighted by molar-refractivity contribution is -0.856. The summed E-state index contributed by atoms with van der Waals surface area (Å²) in [7, 11) is 4.08. The molecule has 1 heterocycles. The van der Waals surface area contributed by atoms with Gasteiger partial charge >= 0.3 is 0 Å². The molecule has 154 valence electrons. The number of anilines is 1. The molecule has 0 atom stereocenters. The van der Waals surface area contributed by atoms with E-state index in [0.29, 0.717) is 35.1 Å². The largest absolute Gasteiger partial charge is 0.494 e. The fourth-order valence-electron chi connectivity index (χ4n) is 2.83. The molecular formula is C22H27FN3O2S+. The number of nitrogens with one attached hydrogen (secondary N) is 1. The maximum Gasteiger partial charge on any atom is 0.260 e. The molecule has 0 fully saturated rings. The smallest absolute Gasteiger partial charge is 0.260 e. The van der Waals surface area contributed by atoms with E-state index in [1.807, 2.05) is 26.2 Å². The molecule has 1 aromatic heterocycles. The average Bonchev–Trinajstić information content (AvgIpc) is 3.11. The van der Waals surface area contributed by atoms with Crippen molar-refractivity contribution in [3.05, 3.63) is 53.8 Å². The van der Waals surface area contributed by atoms with Crippen LogP contribution in [0, 0.1) is 5.82 Å². The first-order valence-electron chi connectivity index (χ1n) is 9.87. The van der Waals surface area contributed by atoms with E-state index in [9.17, 15) is 9.18 Å². The number of nitrogens with zero attached hydrogens (tertiary/aromatic N) is 2. The first-order chi connectivity index (χ1) is 14.0. The van der Waals surface area contributed by atoms with Crippen LogP contribution in [-0.4, -0.2) is 44.7 Å². The van der Waals surface area contributed by atoms with E-state index in [2.05, 4.69) is 11.9 Å². The zero-order valence-electron chi connectivity index (χ0n) is 17.1. The van der Waals surface area contributed by atoms with E-state index < -0.39 is 0 Å². The molecule has 0 bridgehead atoms. The molecule has 29 heavy (non-hydrogen) atoms. The van der Waals surface area contributed by atoms with Crippen LogP contribution in [0.4, 0.5) is 9.52 Å². The van der Waals surface area contributed by atoms with Crippen molar-refractivity contribution in [2.75, 3.05) is 38.7 Å². The molecule has 0 aliphatic heterocycles. The van der Waals surface area contributed by atoms with Gasteiger partial charge in [0.2, 0.25) is 0 Å². The van der Waals surface area contributed by atoms with Crippen molar-refractivity contribution >= 4 is 32.6 Å². The van der Waals surface area contributed by atoms with Gasteiger partial charge in [0.1, 0.15) is 11.6 Å². The Hall–Kier alpha value is -2.51. The summed E-state index contributed by atoms with van der Waals surface area (Å²) in [6, 6.07) is 11.8. The van der Waals surface area contributed by atoms with Crippen LogP contribution in [-0.2, 0) is 0 Å². The summed E-state index contributed by atoms with van der Waals surface area (Å²) in [5.74, 6) is 0.251. The number of aromatic nitrogens is 1. The minimum Gasteiger partial charge on any atom is -0.494 e. The number of unbranched alkanes of at least 4 members (excludes halogenated alkanes) is 1. The Morgan fingerprint density at radius 2 is 2.07 bits per heavy atom. The summed E-state index contributed by atoms with van der Waals surface area (Å²) in [6.45, 7) is 4.02. The maximum absolute atomic E-state index is 13.6. The Morgan fingerprint density at radius 3 is 2.83 bits per heavy atom. The molecule has 0 aliphatic carbocycles. The van der Waals surface area contributed by atoms with Gasteiger partial charge in [-0.3, -0.25) is 9.69 Å². The third-order valence-corrected chi connectivity index (χ3v) is 5.54. The number of rotatable bonds is 9. The van der Waals surface area contributed by atoms with Crippen molar-refractivity contribution in [1.29, 1.82) is 0 Å². The van der Waals surface area contributed by atoms with Crippen LogP contribution in [0.3, 0.4) is 0 Å². The topological polar surface area (TPSA) is 46.9 Å². The predicted molar refractivity (Wildman–Crippen MR) is 116 cm³/mol. The van der Waals surface area contributed by atoms with Crippen LogP contribution < -0.4 is 14.5 Å². The van der Waals surface area contributed by atoms with Crippen molar-refractivity contribution in [2.45, 2.75) is 19.8 Å². The summed E-state index contributed by atoms with van der Waals surface area (Å²) in [5, 5.41) is 0.578. The number of halogens is 1. The zero-order chi connectivity index (χ0) is 20.8.